The van der Waals surface area contributed by atoms with Gasteiger partial charge in [-0.15, -0.1) is 11.3 Å². The minimum atomic E-state index is -3.49. The van der Waals surface area contributed by atoms with Crippen molar-refractivity contribution < 1.29 is 13.5 Å². The predicted molar refractivity (Wildman–Crippen MR) is 79.0 cm³/mol. The standard InChI is InChI=1S/C13H23NO3S2/c1-4-10(5-2)12(15)9-14-19(16,17)13-8-7-11(6-3)18-13/h7-8,10,12,14-15H,4-6,9H2,1-3H3. The minimum absolute atomic E-state index is 0.0774. The molecule has 1 heterocycles. The van der Waals surface area contributed by atoms with E-state index in [1.165, 1.54) is 11.3 Å². The lowest BCUT2D eigenvalue weighted by Crippen LogP contribution is -2.35. The molecule has 1 aromatic rings. The molecule has 4 nitrogen and oxygen atoms in total. The van der Waals surface area contributed by atoms with Crippen LogP contribution in [0.5, 0.6) is 0 Å². The molecule has 0 saturated carbocycles. The maximum atomic E-state index is 12.1. The van der Waals surface area contributed by atoms with Crippen molar-refractivity contribution in [2.45, 2.75) is 50.3 Å². The molecule has 19 heavy (non-hydrogen) atoms. The molecule has 6 heteroatoms. The summed E-state index contributed by atoms with van der Waals surface area (Å²) in [6.45, 7) is 6.07. The van der Waals surface area contributed by atoms with Crippen LogP contribution in [0.4, 0.5) is 0 Å². The first-order valence-corrected chi connectivity index (χ1v) is 9.00. The Hall–Kier alpha value is -0.430. The number of hydrogen-bond acceptors (Lipinski definition) is 4. The summed E-state index contributed by atoms with van der Waals surface area (Å²) in [6, 6.07) is 3.45. The summed E-state index contributed by atoms with van der Waals surface area (Å²) >= 11 is 1.28. The van der Waals surface area contributed by atoms with Crippen LogP contribution in [0.25, 0.3) is 0 Å². The zero-order valence-corrected chi connectivity index (χ0v) is 13.4. The highest BCUT2D eigenvalue weighted by Crippen LogP contribution is 2.22. The molecule has 1 aromatic heterocycles. The summed E-state index contributed by atoms with van der Waals surface area (Å²) in [4.78, 5) is 1.04. The van der Waals surface area contributed by atoms with Gasteiger partial charge in [0.25, 0.3) is 0 Å². The summed E-state index contributed by atoms with van der Waals surface area (Å²) in [5.41, 5.74) is 0. The Labute approximate surface area is 119 Å². The molecule has 0 aromatic carbocycles. The highest BCUT2D eigenvalue weighted by Gasteiger charge is 2.21. The molecule has 0 aliphatic heterocycles. The van der Waals surface area contributed by atoms with E-state index >= 15 is 0 Å². The van der Waals surface area contributed by atoms with Gasteiger partial charge in [-0.25, -0.2) is 13.1 Å². The zero-order valence-electron chi connectivity index (χ0n) is 11.7. The van der Waals surface area contributed by atoms with E-state index in [0.717, 1.165) is 24.1 Å². The fraction of sp³-hybridized carbons (Fsp3) is 0.692. The van der Waals surface area contributed by atoms with E-state index in [1.807, 2.05) is 26.8 Å². The minimum Gasteiger partial charge on any atom is -0.391 e. The van der Waals surface area contributed by atoms with E-state index in [0.29, 0.717) is 4.21 Å². The van der Waals surface area contributed by atoms with Crippen molar-refractivity contribution in [3.63, 3.8) is 0 Å². The molecule has 0 radical (unpaired) electrons. The number of nitrogens with one attached hydrogen (secondary N) is 1. The lowest BCUT2D eigenvalue weighted by atomic mass is 9.97. The molecule has 0 amide bonds. The fourth-order valence-electron chi connectivity index (χ4n) is 1.96. The Bertz CT molecular complexity index is 478. The third kappa shape index (κ3) is 4.56. The van der Waals surface area contributed by atoms with Crippen molar-refractivity contribution in [1.29, 1.82) is 0 Å². The Kier molecular flexibility index (Phi) is 6.46. The van der Waals surface area contributed by atoms with Gasteiger partial charge in [0.2, 0.25) is 10.0 Å². The molecular formula is C13H23NO3S2. The second kappa shape index (κ2) is 7.38. The number of sulfonamides is 1. The Balaban J connectivity index is 2.65. The Morgan fingerprint density at radius 1 is 1.26 bits per heavy atom. The van der Waals surface area contributed by atoms with Gasteiger partial charge in [0, 0.05) is 11.4 Å². The number of rotatable bonds is 8. The first-order chi connectivity index (χ1) is 8.94. The molecule has 1 rings (SSSR count). The van der Waals surface area contributed by atoms with Crippen LogP contribution in [0.1, 0.15) is 38.5 Å². The van der Waals surface area contributed by atoms with Crippen LogP contribution in [0, 0.1) is 5.92 Å². The molecular weight excluding hydrogens is 282 g/mol. The number of hydrogen-bond donors (Lipinski definition) is 2. The van der Waals surface area contributed by atoms with E-state index in [1.54, 1.807) is 6.07 Å². The summed E-state index contributed by atoms with van der Waals surface area (Å²) in [7, 11) is -3.49. The van der Waals surface area contributed by atoms with Crippen LogP contribution in [0.3, 0.4) is 0 Å². The summed E-state index contributed by atoms with van der Waals surface area (Å²) in [5.74, 6) is 0.136. The van der Waals surface area contributed by atoms with Crippen molar-refractivity contribution in [2.24, 2.45) is 5.92 Å². The van der Waals surface area contributed by atoms with Gasteiger partial charge in [-0.3, -0.25) is 0 Å². The second-order valence-corrected chi connectivity index (χ2v) is 7.73. The van der Waals surface area contributed by atoms with Crippen LogP contribution < -0.4 is 4.72 Å². The van der Waals surface area contributed by atoms with Gasteiger partial charge in [0.15, 0.2) is 0 Å². The largest absolute Gasteiger partial charge is 0.391 e. The third-order valence-electron chi connectivity index (χ3n) is 3.33. The van der Waals surface area contributed by atoms with Crippen LogP contribution in [-0.4, -0.2) is 26.2 Å². The highest BCUT2D eigenvalue weighted by atomic mass is 32.2. The van der Waals surface area contributed by atoms with Crippen LogP contribution in [0.2, 0.25) is 0 Å². The first kappa shape index (κ1) is 16.6. The first-order valence-electron chi connectivity index (χ1n) is 6.71. The van der Waals surface area contributed by atoms with Crippen LogP contribution >= 0.6 is 11.3 Å². The molecule has 0 aliphatic rings. The molecule has 0 aliphatic carbocycles. The van der Waals surface area contributed by atoms with Gasteiger partial charge >= 0.3 is 0 Å². The van der Waals surface area contributed by atoms with Crippen molar-refractivity contribution in [1.82, 2.24) is 4.72 Å². The number of aliphatic hydroxyl groups is 1. The second-order valence-electron chi connectivity index (χ2n) is 4.57. The van der Waals surface area contributed by atoms with Crippen molar-refractivity contribution >= 4 is 21.4 Å². The van der Waals surface area contributed by atoms with Gasteiger partial charge in [-0.05, 0) is 24.5 Å². The van der Waals surface area contributed by atoms with Gasteiger partial charge in [0.1, 0.15) is 4.21 Å². The Morgan fingerprint density at radius 2 is 1.89 bits per heavy atom. The van der Waals surface area contributed by atoms with Crippen LogP contribution in [-0.2, 0) is 16.4 Å². The highest BCUT2D eigenvalue weighted by molar-refractivity contribution is 7.91. The van der Waals surface area contributed by atoms with E-state index < -0.39 is 16.1 Å². The predicted octanol–water partition coefficient (Wildman–Crippen LogP) is 2.39. The normalized spacial score (nSPS) is 13.9. The van der Waals surface area contributed by atoms with Crippen molar-refractivity contribution in [3.05, 3.63) is 17.0 Å². The molecule has 0 bridgehead atoms. The average molecular weight is 305 g/mol. The maximum Gasteiger partial charge on any atom is 0.250 e. The number of aliphatic hydroxyl groups excluding tert-OH is 1. The summed E-state index contributed by atoms with van der Waals surface area (Å²) in [6.07, 6.45) is 1.89. The van der Waals surface area contributed by atoms with Crippen LogP contribution in [0.15, 0.2) is 16.3 Å². The lowest BCUT2D eigenvalue weighted by molar-refractivity contribution is 0.107. The van der Waals surface area contributed by atoms with E-state index in [2.05, 4.69) is 4.72 Å². The fourth-order valence-corrected chi connectivity index (χ4v) is 4.35. The van der Waals surface area contributed by atoms with Gasteiger partial charge in [0.05, 0.1) is 6.10 Å². The molecule has 0 saturated heterocycles. The van der Waals surface area contributed by atoms with Crippen molar-refractivity contribution in [3.8, 4) is 0 Å². The monoisotopic (exact) mass is 305 g/mol. The third-order valence-corrected chi connectivity index (χ3v) is 6.47. The van der Waals surface area contributed by atoms with Gasteiger partial charge in [-0.1, -0.05) is 33.6 Å². The quantitative estimate of drug-likeness (QED) is 0.775. The molecule has 0 fully saturated rings. The smallest absolute Gasteiger partial charge is 0.250 e. The molecule has 110 valence electrons. The Morgan fingerprint density at radius 3 is 2.37 bits per heavy atom. The molecule has 1 atom stereocenters. The molecule has 1 unspecified atom stereocenters. The maximum absolute atomic E-state index is 12.1. The zero-order chi connectivity index (χ0) is 14.5. The molecule has 2 N–H and O–H groups in total. The lowest BCUT2D eigenvalue weighted by Gasteiger charge is -2.20. The summed E-state index contributed by atoms with van der Waals surface area (Å²) in [5, 5.41) is 9.95. The van der Waals surface area contributed by atoms with E-state index in [4.69, 9.17) is 0 Å². The number of thiophene rings is 1. The van der Waals surface area contributed by atoms with E-state index in [9.17, 15) is 13.5 Å². The average Bonchev–Trinajstić information content (AvgIpc) is 2.87. The number of aryl methyl sites for hydroxylation is 1. The summed E-state index contributed by atoms with van der Waals surface area (Å²) < 4.78 is 26.9. The topological polar surface area (TPSA) is 66.4 Å². The van der Waals surface area contributed by atoms with E-state index in [-0.39, 0.29) is 12.5 Å². The van der Waals surface area contributed by atoms with Gasteiger partial charge in [-0.2, -0.15) is 0 Å². The van der Waals surface area contributed by atoms with Crippen molar-refractivity contribution in [2.75, 3.05) is 6.54 Å². The SMILES string of the molecule is CCc1ccc(S(=O)(=O)NCC(O)C(CC)CC)s1. The van der Waals surface area contributed by atoms with Gasteiger partial charge < -0.3 is 5.11 Å². The molecule has 0 spiro atoms.